The van der Waals surface area contributed by atoms with Gasteiger partial charge in [-0.3, -0.25) is 19.2 Å². The molecule has 2 aromatic rings. The zero-order valence-corrected chi connectivity index (χ0v) is 42.3. The van der Waals surface area contributed by atoms with Crippen molar-refractivity contribution in [2.75, 3.05) is 34.5 Å². The van der Waals surface area contributed by atoms with Crippen LogP contribution in [-0.4, -0.2) is 127 Å². The van der Waals surface area contributed by atoms with Crippen molar-refractivity contribution in [3.05, 3.63) is 58.5 Å². The number of amides is 1. The third-order valence-corrected chi connectivity index (χ3v) is 16.2. The third kappa shape index (κ3) is 11.9. The lowest BCUT2D eigenvalue weighted by Crippen LogP contribution is -2.64. The lowest BCUT2D eigenvalue weighted by Gasteiger charge is -2.48. The number of aliphatic hydroxyl groups is 2. The van der Waals surface area contributed by atoms with E-state index in [2.05, 4.69) is 0 Å². The van der Waals surface area contributed by atoms with Crippen molar-refractivity contribution in [2.24, 2.45) is 29.6 Å². The summed E-state index contributed by atoms with van der Waals surface area (Å²) in [5, 5.41) is 26.8. The first kappa shape index (κ1) is 53.7. The molecule has 68 heavy (non-hydrogen) atoms. The monoisotopic (exact) mass is 965 g/mol. The molecule has 0 radical (unpaired) electrons. The van der Waals surface area contributed by atoms with Gasteiger partial charge >= 0.3 is 5.97 Å². The number of nitrogens with zero attached hydrogens (tertiary/aromatic N) is 1. The van der Waals surface area contributed by atoms with Crippen LogP contribution in [0, 0.1) is 29.6 Å². The molecule has 2 saturated heterocycles. The van der Waals surface area contributed by atoms with Crippen LogP contribution in [0.25, 0.3) is 10.1 Å². The van der Waals surface area contributed by atoms with Gasteiger partial charge in [-0.25, -0.2) is 4.79 Å². The van der Waals surface area contributed by atoms with E-state index >= 15 is 0 Å². The fourth-order valence-corrected chi connectivity index (χ4v) is 12.1. The van der Waals surface area contributed by atoms with Gasteiger partial charge in [0.25, 0.3) is 11.7 Å². The van der Waals surface area contributed by atoms with Crippen LogP contribution in [-0.2, 0) is 47.6 Å². The normalized spacial score (nSPS) is 34.2. The SMILES string of the molecule is CCC1C=C(C)CC(C)CC(OC)(OC)C2CCC(C)C(O)(O2)C(=O)C(=O)N2CCCCC2C(=O)OC(C(C)=CC2CCC(OCC(=O)c3csc4ccccc34)C(OC)C2)C(C)C(O)CC1=O. The molecular weight excluding hydrogens is 891 g/mol. The summed E-state index contributed by atoms with van der Waals surface area (Å²) >= 11 is 1.53. The quantitative estimate of drug-likeness (QED) is 0.0770. The highest BCUT2D eigenvalue weighted by atomic mass is 32.1. The number of carbonyl (C=O) groups excluding carboxylic acids is 5. The van der Waals surface area contributed by atoms with Crippen LogP contribution in [0.4, 0.5) is 0 Å². The summed E-state index contributed by atoms with van der Waals surface area (Å²) in [5.41, 5.74) is 2.26. The molecule has 1 saturated carbocycles. The van der Waals surface area contributed by atoms with E-state index in [9.17, 15) is 34.2 Å². The van der Waals surface area contributed by atoms with Crippen molar-refractivity contribution >= 4 is 50.6 Å². The van der Waals surface area contributed by atoms with Crippen LogP contribution < -0.4 is 0 Å². The molecule has 15 heteroatoms. The Morgan fingerprint density at radius 1 is 0.971 bits per heavy atom. The number of allylic oxidation sites excluding steroid dienone is 3. The number of ketones is 3. The van der Waals surface area contributed by atoms with Gasteiger partial charge < -0.3 is 43.5 Å². The number of carbonyl (C=O) groups is 5. The Balaban J connectivity index is 1.27. The van der Waals surface area contributed by atoms with Crippen molar-refractivity contribution < 1.29 is 62.6 Å². The van der Waals surface area contributed by atoms with Crippen LogP contribution in [0.3, 0.4) is 0 Å². The van der Waals surface area contributed by atoms with E-state index in [1.165, 1.54) is 30.5 Å². The van der Waals surface area contributed by atoms with E-state index < -0.39 is 71.3 Å². The average molecular weight is 966 g/mol. The number of esters is 1. The van der Waals surface area contributed by atoms with Crippen molar-refractivity contribution in [1.29, 1.82) is 0 Å². The minimum Gasteiger partial charge on any atom is -0.456 e. The lowest BCUT2D eigenvalue weighted by molar-refractivity contribution is -0.344. The van der Waals surface area contributed by atoms with Gasteiger partial charge in [0.15, 0.2) is 11.6 Å². The number of methoxy groups -OCH3 is 3. The molecule has 2 bridgehead atoms. The first-order chi connectivity index (χ1) is 32.4. The van der Waals surface area contributed by atoms with Crippen LogP contribution in [0.5, 0.6) is 0 Å². The number of Topliss-reactive ketones (excluding diaryl/α,β-unsaturated/α-hetero) is 3. The van der Waals surface area contributed by atoms with Gasteiger partial charge in [0.1, 0.15) is 30.6 Å². The minimum absolute atomic E-state index is 0.0477. The number of hydrogen-bond acceptors (Lipinski definition) is 14. The summed E-state index contributed by atoms with van der Waals surface area (Å²) < 4.78 is 37.9. The first-order valence-electron chi connectivity index (χ1n) is 24.7. The van der Waals surface area contributed by atoms with Gasteiger partial charge in [0, 0.05) is 79.5 Å². The molecule has 376 valence electrons. The van der Waals surface area contributed by atoms with Crippen molar-refractivity contribution in [3.63, 3.8) is 0 Å². The fraction of sp³-hybridized carbons (Fsp3) is 0.679. The molecule has 2 N–H and O–H groups in total. The molecule has 4 aliphatic rings. The summed E-state index contributed by atoms with van der Waals surface area (Å²) in [7, 11) is 4.59. The number of piperidine rings is 1. The van der Waals surface area contributed by atoms with Crippen molar-refractivity contribution in [2.45, 2.75) is 167 Å². The summed E-state index contributed by atoms with van der Waals surface area (Å²) in [6.45, 7) is 11.2. The maximum Gasteiger partial charge on any atom is 0.329 e. The van der Waals surface area contributed by atoms with Gasteiger partial charge in [-0.15, -0.1) is 11.3 Å². The highest BCUT2D eigenvalue weighted by Gasteiger charge is 2.57. The van der Waals surface area contributed by atoms with Crippen LogP contribution in [0.2, 0.25) is 0 Å². The van der Waals surface area contributed by atoms with E-state index in [1.807, 2.05) is 69.5 Å². The molecule has 1 aromatic carbocycles. The summed E-state index contributed by atoms with van der Waals surface area (Å²) in [6.07, 6.45) is 5.27. The molecule has 1 aromatic heterocycles. The average Bonchev–Trinajstić information content (AvgIpc) is 3.77. The van der Waals surface area contributed by atoms with Crippen molar-refractivity contribution in [1.82, 2.24) is 4.90 Å². The van der Waals surface area contributed by atoms with E-state index in [4.69, 9.17) is 28.4 Å². The Bertz CT molecular complexity index is 2160. The Labute approximate surface area is 406 Å². The number of ether oxygens (including phenoxy) is 6. The largest absolute Gasteiger partial charge is 0.456 e. The van der Waals surface area contributed by atoms with E-state index in [-0.39, 0.29) is 61.6 Å². The molecule has 12 atom stereocenters. The molecular formula is C53H75NO13S. The second-order valence-electron chi connectivity index (χ2n) is 20.0. The highest BCUT2D eigenvalue weighted by molar-refractivity contribution is 7.17. The van der Waals surface area contributed by atoms with E-state index in [0.29, 0.717) is 75.3 Å². The smallest absolute Gasteiger partial charge is 0.329 e. The number of cyclic esters (lactones) is 1. The molecule has 4 heterocycles. The summed E-state index contributed by atoms with van der Waals surface area (Å²) in [6, 6.07) is 6.63. The summed E-state index contributed by atoms with van der Waals surface area (Å²) in [4.78, 5) is 71.8. The van der Waals surface area contributed by atoms with Crippen molar-refractivity contribution in [3.8, 4) is 0 Å². The van der Waals surface area contributed by atoms with Crippen LogP contribution in [0.15, 0.2) is 52.9 Å². The lowest BCUT2D eigenvalue weighted by atomic mass is 9.81. The Kier molecular flexibility index (Phi) is 18.5. The molecule has 6 rings (SSSR count). The van der Waals surface area contributed by atoms with Crippen LogP contribution >= 0.6 is 11.3 Å². The minimum atomic E-state index is -2.53. The summed E-state index contributed by atoms with van der Waals surface area (Å²) in [5.74, 6) is -9.23. The standard InChI is InChI=1S/C53H75NO13S/c1-10-37-24-31(2)23-32(3)28-52(63-8,64-9)47-21-18-34(5)53(61,67-47)49(58)50(59)54-22-14-13-16-40(54)51(60)66-48(35(6)41(55)27-42(37)56)33(4)25-36-19-20-44(45(26-36)62-7)65-29-43(57)39-30-68-46-17-12-11-15-38(39)46/h11-12,15,17,24-25,30,32,34-37,40-41,44-45,47-48,55,61H,10,13-14,16,18-23,26-29H2,1-9H3. The Morgan fingerprint density at radius 3 is 2.41 bits per heavy atom. The zero-order valence-electron chi connectivity index (χ0n) is 41.5. The number of aliphatic hydroxyl groups excluding tert-OH is 1. The second-order valence-corrected chi connectivity index (χ2v) is 20.9. The predicted octanol–water partition coefficient (Wildman–Crippen LogP) is 7.94. The second kappa shape index (κ2) is 23.5. The Morgan fingerprint density at radius 2 is 1.71 bits per heavy atom. The molecule has 3 fully saturated rings. The first-order valence-corrected chi connectivity index (χ1v) is 25.5. The fourth-order valence-electron chi connectivity index (χ4n) is 11.1. The highest BCUT2D eigenvalue weighted by Crippen LogP contribution is 2.42. The third-order valence-electron chi connectivity index (χ3n) is 15.2. The zero-order chi connectivity index (χ0) is 49.5. The maximum absolute atomic E-state index is 14.6. The number of rotatable bonds is 10. The molecule has 14 nitrogen and oxygen atoms in total. The Hall–Kier alpha value is -3.67. The molecule has 1 aliphatic carbocycles. The molecule has 1 amide bonds. The number of benzene rings is 1. The number of fused-ring (bicyclic) bond motifs is 4. The topological polar surface area (TPSA) is 184 Å². The molecule has 3 aliphatic heterocycles. The molecule has 0 spiro atoms. The van der Waals surface area contributed by atoms with Gasteiger partial charge in [0.2, 0.25) is 5.79 Å². The van der Waals surface area contributed by atoms with Gasteiger partial charge in [0.05, 0.1) is 18.3 Å². The maximum atomic E-state index is 14.6. The number of hydrogen-bond donors (Lipinski definition) is 2. The van der Waals surface area contributed by atoms with Crippen LogP contribution in [0.1, 0.15) is 129 Å². The van der Waals surface area contributed by atoms with Gasteiger partial charge in [-0.1, -0.05) is 63.6 Å². The number of thiophene rings is 1. The molecule has 12 unspecified atom stereocenters. The predicted molar refractivity (Wildman–Crippen MR) is 258 cm³/mol. The van der Waals surface area contributed by atoms with Gasteiger partial charge in [-0.2, -0.15) is 0 Å². The van der Waals surface area contributed by atoms with E-state index in [0.717, 1.165) is 15.7 Å². The van der Waals surface area contributed by atoms with Gasteiger partial charge in [-0.05, 0) is 102 Å². The van der Waals surface area contributed by atoms with E-state index in [1.54, 1.807) is 21.0 Å².